The number of aromatic nitrogens is 2. The van der Waals surface area contributed by atoms with Gasteiger partial charge in [-0.2, -0.15) is 0 Å². The minimum absolute atomic E-state index is 0.210. The maximum atomic E-state index is 2.58. The number of hydrogen-bond donors (Lipinski definition) is 0. The van der Waals surface area contributed by atoms with Crippen LogP contribution in [0.3, 0.4) is 0 Å². The van der Waals surface area contributed by atoms with Gasteiger partial charge in [0, 0.05) is 44.7 Å². The molecule has 430 valence electrons. The van der Waals surface area contributed by atoms with Gasteiger partial charge in [0.25, 0.3) is 0 Å². The Morgan fingerprint density at radius 2 is 0.929 bits per heavy atom. The van der Waals surface area contributed by atoms with Gasteiger partial charge < -0.3 is 9.13 Å². The van der Waals surface area contributed by atoms with E-state index in [1.54, 1.807) is 0 Å². The lowest BCUT2D eigenvalue weighted by atomic mass is 9.74. The molecule has 0 bridgehead atoms. The van der Waals surface area contributed by atoms with Crippen LogP contribution in [0, 0.1) is 23.7 Å². The molecule has 2 heterocycles. The summed E-state index contributed by atoms with van der Waals surface area (Å²) in [5.74, 6) is 2.99. The van der Waals surface area contributed by atoms with Crippen LogP contribution >= 0.6 is 0 Å². The van der Waals surface area contributed by atoms with Crippen molar-refractivity contribution in [2.75, 3.05) is 0 Å². The van der Waals surface area contributed by atoms with Crippen LogP contribution in [0.15, 0.2) is 176 Å². The van der Waals surface area contributed by atoms with Gasteiger partial charge in [0.15, 0.2) is 0 Å². The summed E-state index contributed by atoms with van der Waals surface area (Å²) in [7, 11) is 0. The number of fused-ring (bicyclic) bond motifs is 9. The predicted octanol–water partition coefficient (Wildman–Crippen LogP) is 23.3. The summed E-state index contributed by atoms with van der Waals surface area (Å²) < 4.78 is 5.15. The second-order valence-corrected chi connectivity index (χ2v) is 25.8. The second-order valence-electron chi connectivity index (χ2n) is 25.8. The van der Waals surface area contributed by atoms with Crippen molar-refractivity contribution in [2.24, 2.45) is 23.7 Å². The third-order valence-electron chi connectivity index (χ3n) is 20.0. The van der Waals surface area contributed by atoms with Crippen molar-refractivity contribution in [3.8, 4) is 44.8 Å². The van der Waals surface area contributed by atoms with Gasteiger partial charge in [-0.05, 0) is 190 Å². The summed E-state index contributed by atoms with van der Waals surface area (Å²) in [4.78, 5) is 0. The molecule has 2 aliphatic carbocycles. The molecule has 2 aromatic heterocycles. The summed E-state index contributed by atoms with van der Waals surface area (Å²) in [5, 5.41) is 4.12. The van der Waals surface area contributed by atoms with Crippen molar-refractivity contribution in [3.05, 3.63) is 221 Å². The molecule has 0 radical (unpaired) electrons. The highest BCUT2D eigenvalue weighted by atomic mass is 15.0. The van der Waals surface area contributed by atoms with Gasteiger partial charge in [-0.25, -0.2) is 0 Å². The van der Waals surface area contributed by atoms with E-state index >= 15 is 0 Å². The van der Waals surface area contributed by atoms with Crippen LogP contribution in [0.5, 0.6) is 0 Å². The van der Waals surface area contributed by atoms with E-state index in [-0.39, 0.29) is 5.92 Å². The van der Waals surface area contributed by atoms with Gasteiger partial charge in [-0.15, -0.1) is 0 Å². The Kier molecular flexibility index (Phi) is 17.7. The largest absolute Gasteiger partial charge is 0.313 e. The lowest BCUT2D eigenvalue weighted by Gasteiger charge is -2.30. The number of nitrogens with zero attached hydrogens (tertiary/aromatic N) is 2. The summed E-state index contributed by atoms with van der Waals surface area (Å²) >= 11 is 0. The quantitative estimate of drug-likeness (QED) is 0.0604. The second kappa shape index (κ2) is 26.0. The van der Waals surface area contributed by atoms with Crippen LogP contribution in [0.1, 0.15) is 182 Å². The maximum absolute atomic E-state index is 2.58. The van der Waals surface area contributed by atoms with Crippen LogP contribution < -0.4 is 0 Å². The zero-order valence-electron chi connectivity index (χ0n) is 51.8. The van der Waals surface area contributed by atoms with E-state index in [9.17, 15) is 0 Å². The minimum atomic E-state index is 0.210. The van der Waals surface area contributed by atoms with E-state index in [1.807, 2.05) is 0 Å². The molecule has 0 aliphatic heterocycles. The first-order valence-electron chi connectivity index (χ1n) is 33.2. The molecule has 0 N–H and O–H groups in total. The van der Waals surface area contributed by atoms with Crippen molar-refractivity contribution >= 4 is 38.8 Å². The highest BCUT2D eigenvalue weighted by molar-refractivity contribution is 6.10. The van der Waals surface area contributed by atoms with Gasteiger partial charge in [0.1, 0.15) is 0 Å². The molecule has 0 spiro atoms. The Bertz CT molecular complexity index is 3840. The van der Waals surface area contributed by atoms with Crippen LogP contribution in [0.25, 0.3) is 83.5 Å². The van der Waals surface area contributed by atoms with Crippen LogP contribution in [0.2, 0.25) is 0 Å². The molecule has 84 heavy (non-hydrogen) atoms. The predicted molar refractivity (Wildman–Crippen MR) is 363 cm³/mol. The van der Waals surface area contributed by atoms with Crippen molar-refractivity contribution < 1.29 is 0 Å². The smallest absolute Gasteiger partial charge is 0.0541 e. The Morgan fingerprint density at radius 3 is 1.52 bits per heavy atom. The van der Waals surface area contributed by atoms with Crippen molar-refractivity contribution in [1.29, 1.82) is 0 Å². The van der Waals surface area contributed by atoms with Crippen LogP contribution in [-0.4, -0.2) is 9.13 Å². The molecule has 0 saturated carbocycles. The Morgan fingerprint density at radius 1 is 0.429 bits per heavy atom. The number of unbranched alkanes of at least 4 members (excludes halogenated alkanes) is 3. The molecule has 2 nitrogen and oxygen atoms in total. The summed E-state index contributed by atoms with van der Waals surface area (Å²) in [6.45, 7) is 16.5. The number of benzene rings is 8. The molecule has 2 aliphatic rings. The van der Waals surface area contributed by atoms with Crippen molar-refractivity contribution in [3.63, 3.8) is 0 Å². The Hall–Kier alpha value is -7.16. The zero-order valence-corrected chi connectivity index (χ0v) is 51.8. The molecule has 12 rings (SSSR count). The van der Waals surface area contributed by atoms with Crippen molar-refractivity contribution in [2.45, 2.75) is 170 Å². The molecule has 0 fully saturated rings. The lowest BCUT2D eigenvalue weighted by Crippen LogP contribution is -2.14. The third kappa shape index (κ3) is 11.7. The normalized spacial score (nSPS) is 15.9. The molecule has 5 atom stereocenters. The molecule has 8 aromatic carbocycles. The first kappa shape index (κ1) is 57.3. The minimum Gasteiger partial charge on any atom is -0.313 e. The topological polar surface area (TPSA) is 9.86 Å². The molecule has 0 saturated heterocycles. The molecule has 10 aromatic rings. The number of allylic oxidation sites excluding steroid dienone is 1. The van der Waals surface area contributed by atoms with Crippen molar-refractivity contribution in [1.82, 2.24) is 9.13 Å². The highest BCUT2D eigenvalue weighted by Crippen LogP contribution is 2.48. The van der Waals surface area contributed by atoms with Gasteiger partial charge in [0.05, 0.1) is 16.6 Å². The number of hydrogen-bond acceptors (Lipinski definition) is 0. The monoisotopic (exact) mass is 1100 g/mol. The molecular weight excluding hydrogens is 1010 g/mol. The number of rotatable bonds is 23. The van der Waals surface area contributed by atoms with Gasteiger partial charge in [-0.3, -0.25) is 0 Å². The standard InChI is InChI=1S/C82H92N2/c1-8-14-23-57(11-4)48-60-31-35-63(36-32-60)64-37-41-67(42-38-64)83-81-46-40-65(54-78(81)73-30-21-22-56(7)47-82(73)83)69-26-17-18-27-70(69)75-53-66-39-43-68(55-74(66)71-28-19-20-29-72(71)75)84-79-44-33-61(49-58(12-5)24-15-9-2)51-76(79)77-52-62(34-45-80(77)84)50-59(13-6)25-16-10-3/h17-21,26-46,51-52,54-59,75H,8-16,22-25,47-50,53H2,1-7H3. The van der Waals surface area contributed by atoms with E-state index in [0.717, 1.165) is 49.9 Å². The molecule has 5 unspecified atom stereocenters. The van der Waals surface area contributed by atoms with Gasteiger partial charge in [0.2, 0.25) is 0 Å². The Labute approximate surface area is 504 Å². The fourth-order valence-corrected chi connectivity index (χ4v) is 15.0. The molecule has 2 heteroatoms. The summed E-state index contributed by atoms with van der Waals surface area (Å²) in [5.41, 5.74) is 25.7. The first-order valence-corrected chi connectivity index (χ1v) is 33.2. The molecular formula is C82H92N2. The fraction of sp³-hybridized carbons (Fsp3) is 0.366. The van der Waals surface area contributed by atoms with Gasteiger partial charge in [-0.1, -0.05) is 247 Å². The lowest BCUT2D eigenvalue weighted by molar-refractivity contribution is 0.449. The van der Waals surface area contributed by atoms with Crippen LogP contribution in [0.4, 0.5) is 0 Å². The average molecular weight is 1110 g/mol. The fourth-order valence-electron chi connectivity index (χ4n) is 15.0. The first-order chi connectivity index (χ1) is 41.3. The maximum Gasteiger partial charge on any atom is 0.0541 e. The third-order valence-corrected chi connectivity index (χ3v) is 20.0. The van der Waals surface area contributed by atoms with E-state index in [4.69, 9.17) is 0 Å². The SMILES string of the molecule is CCCCC(CC)Cc1ccc(-c2ccc(-n3c4c(c5cc(-c6ccccc6C6Cc7ccc(-n8c9ccc(CC(CC)CCCC)cc9c9cc(CC(CC)CCCC)ccc98)cc7-c7ccccc76)ccc53)C=CCC(C)C4)cc2)cc1. The average Bonchev–Trinajstić information content (AvgIpc) is 2.24. The van der Waals surface area contributed by atoms with Crippen LogP contribution in [-0.2, 0) is 32.1 Å². The van der Waals surface area contributed by atoms with Gasteiger partial charge >= 0.3 is 0 Å². The molecule has 0 amide bonds. The summed E-state index contributed by atoms with van der Waals surface area (Å²) in [6, 6.07) is 67.1. The van der Waals surface area contributed by atoms with E-state index < -0.39 is 0 Å². The van der Waals surface area contributed by atoms with E-state index in [0.29, 0.717) is 5.92 Å². The van der Waals surface area contributed by atoms with E-state index in [2.05, 4.69) is 240 Å². The highest BCUT2D eigenvalue weighted by Gasteiger charge is 2.30. The zero-order chi connectivity index (χ0) is 57.7. The summed E-state index contributed by atoms with van der Waals surface area (Å²) in [6.07, 6.45) is 26.8. The Balaban J connectivity index is 0.880. The van der Waals surface area contributed by atoms with E-state index in [1.165, 1.54) is 206 Å².